The zero-order chi connectivity index (χ0) is 13.3. The summed E-state index contributed by atoms with van der Waals surface area (Å²) in [5.41, 5.74) is -0.652. The Bertz CT molecular complexity index is 486. The van der Waals surface area contributed by atoms with Crippen LogP contribution in [0.5, 0.6) is 0 Å². The van der Waals surface area contributed by atoms with E-state index in [1.165, 1.54) is 0 Å². The molecule has 1 aliphatic rings. The summed E-state index contributed by atoms with van der Waals surface area (Å²) in [6, 6.07) is 1.54. The van der Waals surface area contributed by atoms with E-state index in [0.29, 0.717) is 25.8 Å². The first-order valence-electron chi connectivity index (χ1n) is 5.45. The van der Waals surface area contributed by atoms with E-state index in [4.69, 9.17) is 9.84 Å². The topological polar surface area (TPSA) is 58.6 Å². The molecule has 0 radical (unpaired) electrons. The van der Waals surface area contributed by atoms with Crippen LogP contribution in [0.15, 0.2) is 12.1 Å². The van der Waals surface area contributed by atoms with E-state index in [2.05, 4.69) is 5.32 Å². The van der Waals surface area contributed by atoms with Crippen molar-refractivity contribution < 1.29 is 23.4 Å². The van der Waals surface area contributed by atoms with Gasteiger partial charge >= 0.3 is 5.97 Å². The lowest BCUT2D eigenvalue weighted by Gasteiger charge is -2.38. The third-order valence-electron chi connectivity index (χ3n) is 2.89. The minimum absolute atomic E-state index is 0.0121. The average molecular weight is 257 g/mol. The molecule has 0 aromatic heterocycles. The number of aromatic carboxylic acids is 1. The van der Waals surface area contributed by atoms with E-state index in [1.54, 1.807) is 0 Å². The monoisotopic (exact) mass is 257 g/mol. The summed E-state index contributed by atoms with van der Waals surface area (Å²) in [4.78, 5) is 10.7. The van der Waals surface area contributed by atoms with Gasteiger partial charge in [-0.15, -0.1) is 0 Å². The van der Waals surface area contributed by atoms with Crippen molar-refractivity contribution in [1.82, 2.24) is 0 Å². The Morgan fingerprint density at radius 3 is 2.61 bits per heavy atom. The highest BCUT2D eigenvalue weighted by molar-refractivity contribution is 5.89. The molecule has 1 aliphatic heterocycles. The molecule has 0 spiro atoms. The lowest BCUT2D eigenvalue weighted by molar-refractivity contribution is -0.0924. The van der Waals surface area contributed by atoms with Gasteiger partial charge in [0.25, 0.3) is 0 Å². The van der Waals surface area contributed by atoms with Gasteiger partial charge in [-0.05, 0) is 6.07 Å². The van der Waals surface area contributed by atoms with Crippen LogP contribution in [0.2, 0.25) is 0 Å². The van der Waals surface area contributed by atoms with Gasteiger partial charge in [0, 0.05) is 18.0 Å². The molecule has 4 nitrogen and oxygen atoms in total. The van der Waals surface area contributed by atoms with Crippen LogP contribution >= 0.6 is 0 Å². The first-order valence-corrected chi connectivity index (χ1v) is 5.45. The second-order valence-corrected chi connectivity index (χ2v) is 4.77. The predicted octanol–water partition coefficient (Wildman–Crippen LogP) is 2.11. The second kappa shape index (κ2) is 4.53. The number of carboxylic acids is 1. The molecule has 6 heteroatoms. The number of anilines is 1. The lowest BCUT2D eigenvalue weighted by Crippen LogP contribution is -2.45. The molecule has 1 fully saturated rings. The van der Waals surface area contributed by atoms with Crippen LogP contribution in [-0.2, 0) is 4.74 Å². The Labute approximate surface area is 103 Å². The Morgan fingerprint density at radius 1 is 1.44 bits per heavy atom. The Morgan fingerprint density at radius 2 is 2.11 bits per heavy atom. The number of carboxylic acid groups (broad SMARTS) is 1. The summed E-state index contributed by atoms with van der Waals surface area (Å²) >= 11 is 0. The number of hydrogen-bond acceptors (Lipinski definition) is 3. The first-order chi connectivity index (χ1) is 8.41. The van der Waals surface area contributed by atoms with Crippen molar-refractivity contribution in [2.75, 3.05) is 25.1 Å². The van der Waals surface area contributed by atoms with Gasteiger partial charge in [0.1, 0.15) is 11.6 Å². The Kier molecular flexibility index (Phi) is 3.21. The van der Waals surface area contributed by atoms with Crippen molar-refractivity contribution >= 4 is 11.7 Å². The lowest BCUT2D eigenvalue weighted by atomic mass is 9.88. The van der Waals surface area contributed by atoms with E-state index < -0.39 is 23.2 Å². The van der Waals surface area contributed by atoms with Crippen LogP contribution in [-0.4, -0.2) is 30.8 Å². The smallest absolute Gasteiger partial charge is 0.338 e. The summed E-state index contributed by atoms with van der Waals surface area (Å²) in [6.45, 7) is 3.53. The van der Waals surface area contributed by atoms with Crippen molar-refractivity contribution in [1.29, 1.82) is 0 Å². The van der Waals surface area contributed by atoms with E-state index >= 15 is 0 Å². The van der Waals surface area contributed by atoms with Gasteiger partial charge in [-0.25, -0.2) is 13.6 Å². The van der Waals surface area contributed by atoms with Gasteiger partial charge in [-0.3, -0.25) is 0 Å². The molecule has 0 saturated carbocycles. The molecule has 0 bridgehead atoms. The molecular weight excluding hydrogens is 244 g/mol. The Hall–Kier alpha value is -1.69. The van der Waals surface area contributed by atoms with Crippen LogP contribution in [0.25, 0.3) is 0 Å². The first kappa shape index (κ1) is 12.8. The number of rotatable bonds is 4. The molecule has 0 aliphatic carbocycles. The quantitative estimate of drug-likeness (QED) is 0.867. The molecule has 0 amide bonds. The van der Waals surface area contributed by atoms with Crippen molar-refractivity contribution in [3.63, 3.8) is 0 Å². The highest BCUT2D eigenvalue weighted by Crippen LogP contribution is 2.28. The maximum atomic E-state index is 13.5. The standard InChI is InChI=1S/C12H13F2NO3/c1-12(5-18-6-12)4-15-10-2-7(11(16)17)8(13)3-9(10)14/h2-3,15H,4-6H2,1H3,(H,16,17). The summed E-state index contributed by atoms with van der Waals surface area (Å²) in [6.07, 6.45) is 0. The molecule has 1 saturated heterocycles. The van der Waals surface area contributed by atoms with Gasteiger partial charge < -0.3 is 15.2 Å². The van der Waals surface area contributed by atoms with E-state index in [0.717, 1.165) is 6.07 Å². The Balaban J connectivity index is 2.16. The minimum atomic E-state index is -1.42. The van der Waals surface area contributed by atoms with Gasteiger partial charge in [-0.2, -0.15) is 0 Å². The number of hydrogen-bond donors (Lipinski definition) is 2. The number of ether oxygens (including phenoxy) is 1. The number of carbonyl (C=O) groups is 1. The fraction of sp³-hybridized carbons (Fsp3) is 0.417. The third-order valence-corrected chi connectivity index (χ3v) is 2.89. The molecule has 2 rings (SSSR count). The molecule has 1 aromatic rings. The van der Waals surface area contributed by atoms with Gasteiger partial charge in [-0.1, -0.05) is 6.92 Å². The number of nitrogens with one attached hydrogen (secondary N) is 1. The number of benzene rings is 1. The molecule has 1 aromatic carbocycles. The van der Waals surface area contributed by atoms with Crippen LogP contribution < -0.4 is 5.32 Å². The molecule has 18 heavy (non-hydrogen) atoms. The maximum absolute atomic E-state index is 13.5. The average Bonchev–Trinajstić information content (AvgIpc) is 2.25. The van der Waals surface area contributed by atoms with E-state index in [-0.39, 0.29) is 11.1 Å². The molecular formula is C12H13F2NO3. The predicted molar refractivity (Wildman–Crippen MR) is 60.7 cm³/mol. The van der Waals surface area contributed by atoms with Crippen molar-refractivity contribution in [2.24, 2.45) is 5.41 Å². The van der Waals surface area contributed by atoms with Crippen molar-refractivity contribution in [3.8, 4) is 0 Å². The molecule has 0 unspecified atom stereocenters. The number of halogens is 2. The summed E-state index contributed by atoms with van der Waals surface area (Å²) in [5, 5.41) is 11.5. The van der Waals surface area contributed by atoms with Crippen molar-refractivity contribution in [2.45, 2.75) is 6.92 Å². The van der Waals surface area contributed by atoms with Gasteiger partial charge in [0.15, 0.2) is 0 Å². The molecule has 1 heterocycles. The maximum Gasteiger partial charge on any atom is 0.338 e. The van der Waals surface area contributed by atoms with Crippen molar-refractivity contribution in [3.05, 3.63) is 29.3 Å². The molecule has 0 atom stereocenters. The molecule has 98 valence electrons. The zero-order valence-corrected chi connectivity index (χ0v) is 9.80. The van der Waals surface area contributed by atoms with Crippen LogP contribution in [0.4, 0.5) is 14.5 Å². The van der Waals surface area contributed by atoms with Crippen LogP contribution in [0.3, 0.4) is 0 Å². The highest BCUT2D eigenvalue weighted by Gasteiger charge is 2.33. The summed E-state index contributed by atoms with van der Waals surface area (Å²) in [7, 11) is 0. The normalized spacial score (nSPS) is 17.1. The molecule has 2 N–H and O–H groups in total. The van der Waals surface area contributed by atoms with Crippen LogP contribution in [0.1, 0.15) is 17.3 Å². The fourth-order valence-corrected chi connectivity index (χ4v) is 1.71. The largest absolute Gasteiger partial charge is 0.478 e. The minimum Gasteiger partial charge on any atom is -0.478 e. The third kappa shape index (κ3) is 2.43. The second-order valence-electron chi connectivity index (χ2n) is 4.77. The van der Waals surface area contributed by atoms with E-state index in [9.17, 15) is 13.6 Å². The van der Waals surface area contributed by atoms with E-state index in [1.807, 2.05) is 6.92 Å². The van der Waals surface area contributed by atoms with Gasteiger partial charge in [0.2, 0.25) is 0 Å². The highest BCUT2D eigenvalue weighted by atomic mass is 19.1. The summed E-state index contributed by atoms with van der Waals surface area (Å²) in [5.74, 6) is -3.31. The zero-order valence-electron chi connectivity index (χ0n) is 9.80. The SMILES string of the molecule is CC1(CNc2cc(C(=O)O)c(F)cc2F)COC1. The summed E-state index contributed by atoms with van der Waals surface area (Å²) < 4.78 is 31.7. The fourth-order valence-electron chi connectivity index (χ4n) is 1.71. The van der Waals surface area contributed by atoms with Crippen LogP contribution in [0, 0.1) is 17.0 Å². The van der Waals surface area contributed by atoms with Gasteiger partial charge in [0.05, 0.1) is 24.5 Å².